The molecule has 3 amide bonds. The molecule has 4 aliphatic heterocycles. The van der Waals surface area contributed by atoms with Crippen molar-refractivity contribution >= 4 is 23.7 Å². The van der Waals surface area contributed by atoms with Gasteiger partial charge < -0.3 is 29.7 Å². The number of nitrogens with one attached hydrogen (secondary N) is 1. The number of ether oxygens (including phenoxy) is 2. The van der Waals surface area contributed by atoms with Gasteiger partial charge >= 0.3 is 5.97 Å². The summed E-state index contributed by atoms with van der Waals surface area (Å²) in [6.45, 7) is 3.94. The molecule has 1 unspecified atom stereocenters. The van der Waals surface area contributed by atoms with Crippen LogP contribution in [0.15, 0.2) is 85.0 Å². The number of likely N-dealkylation sites (tertiary alicyclic amines) is 1. The first-order chi connectivity index (χ1) is 22.8. The zero-order valence-corrected chi connectivity index (χ0v) is 26.9. The summed E-state index contributed by atoms with van der Waals surface area (Å²) in [4.78, 5) is 59.8. The van der Waals surface area contributed by atoms with Gasteiger partial charge in [-0.25, -0.2) is 0 Å². The van der Waals surface area contributed by atoms with E-state index < -0.39 is 60.2 Å². The zero-order valence-electron chi connectivity index (χ0n) is 26.9. The summed E-state index contributed by atoms with van der Waals surface area (Å²) in [5.74, 6) is -3.65. The van der Waals surface area contributed by atoms with Gasteiger partial charge in [-0.15, -0.1) is 0 Å². The molecule has 2 aromatic carbocycles. The maximum absolute atomic E-state index is 14.9. The summed E-state index contributed by atoms with van der Waals surface area (Å²) in [6.07, 6.45) is 7.99. The molecular weight excluding hydrogens is 598 g/mol. The van der Waals surface area contributed by atoms with Gasteiger partial charge in [-0.3, -0.25) is 19.2 Å². The summed E-state index contributed by atoms with van der Waals surface area (Å²) < 4.78 is 12.7. The minimum absolute atomic E-state index is 0.0618. The lowest BCUT2D eigenvalue weighted by atomic mass is 9.74. The maximum atomic E-state index is 14.9. The molecule has 0 radical (unpaired) electrons. The van der Waals surface area contributed by atoms with Crippen molar-refractivity contribution in [3.05, 3.63) is 96.1 Å². The van der Waals surface area contributed by atoms with Crippen molar-refractivity contribution in [3.63, 3.8) is 0 Å². The van der Waals surface area contributed by atoms with Crippen LogP contribution in [0.25, 0.3) is 0 Å². The number of carbonyl (C=O) groups excluding carboxylic acids is 4. The molecule has 2 saturated heterocycles. The van der Waals surface area contributed by atoms with Crippen molar-refractivity contribution < 1.29 is 33.8 Å². The number of allylic oxidation sites excluding steroid dienone is 1. The van der Waals surface area contributed by atoms with Crippen LogP contribution in [0.4, 0.5) is 0 Å². The number of carbonyl (C=O) groups is 4. The third kappa shape index (κ3) is 6.00. The number of hydrogen-bond acceptors (Lipinski definition) is 7. The second-order valence-corrected chi connectivity index (χ2v) is 12.8. The number of esters is 1. The van der Waals surface area contributed by atoms with E-state index in [1.54, 1.807) is 17.1 Å². The van der Waals surface area contributed by atoms with Gasteiger partial charge in [0.25, 0.3) is 0 Å². The van der Waals surface area contributed by atoms with Crippen LogP contribution in [-0.2, 0) is 28.7 Å². The van der Waals surface area contributed by atoms with Gasteiger partial charge in [-0.1, -0.05) is 98.3 Å². The van der Waals surface area contributed by atoms with E-state index in [2.05, 4.69) is 12.2 Å². The van der Waals surface area contributed by atoms with E-state index in [1.807, 2.05) is 79.7 Å². The van der Waals surface area contributed by atoms with E-state index in [9.17, 15) is 24.3 Å². The van der Waals surface area contributed by atoms with Gasteiger partial charge in [-0.2, -0.15) is 0 Å². The molecule has 4 aliphatic rings. The van der Waals surface area contributed by atoms with E-state index in [0.717, 1.165) is 12.8 Å². The van der Waals surface area contributed by atoms with Crippen LogP contribution in [0.5, 0.6) is 0 Å². The molecule has 2 aromatic rings. The van der Waals surface area contributed by atoms with E-state index in [1.165, 1.54) is 4.90 Å². The minimum atomic E-state index is -1.43. The van der Waals surface area contributed by atoms with Crippen molar-refractivity contribution in [3.8, 4) is 0 Å². The van der Waals surface area contributed by atoms with Crippen molar-refractivity contribution in [1.82, 2.24) is 15.1 Å². The third-order valence-electron chi connectivity index (χ3n) is 9.95. The van der Waals surface area contributed by atoms with E-state index in [-0.39, 0.29) is 37.4 Å². The fourth-order valence-corrected chi connectivity index (χ4v) is 7.67. The number of benzene rings is 2. The molecule has 0 saturated carbocycles. The van der Waals surface area contributed by atoms with Gasteiger partial charge in [0.1, 0.15) is 23.7 Å². The average molecular weight is 642 g/mol. The second kappa shape index (κ2) is 13.8. The van der Waals surface area contributed by atoms with Gasteiger partial charge in [-0.05, 0) is 30.9 Å². The highest BCUT2D eigenvalue weighted by atomic mass is 16.6. The van der Waals surface area contributed by atoms with Crippen LogP contribution < -0.4 is 5.32 Å². The Balaban J connectivity index is 1.46. The first-order valence-corrected chi connectivity index (χ1v) is 16.6. The van der Waals surface area contributed by atoms with Gasteiger partial charge in [0.2, 0.25) is 17.7 Å². The van der Waals surface area contributed by atoms with E-state index in [0.29, 0.717) is 17.5 Å². The Kier molecular flexibility index (Phi) is 9.61. The Hall–Kier alpha value is -4.28. The molecular formula is C37H43N3O7. The van der Waals surface area contributed by atoms with Crippen molar-refractivity contribution in [2.45, 2.75) is 75.5 Å². The standard InChI is InChI=1S/C37H43N3O7/c1-3-13-24(2)39-21-12-6-11-18-30(42)38-22-29(26-16-9-5-10-17-26)46-36(45)31-28-19-20-37(47-28)32(31)34(43)40(33(37)35(39)44)27(23-41)25-14-7-4-8-15-25/h4-10,12,14-17,19-20,24,27-29,31-33,41H,3,11,13,18,21-23H2,1-2H3,(H,38,42)/b12-6-/t24?,27-,28+,29+,31-,32-,33+,37-/m1/s1. The number of cyclic esters (lactones) is 1. The van der Waals surface area contributed by atoms with Crippen LogP contribution >= 0.6 is 0 Å². The number of amides is 3. The van der Waals surface area contributed by atoms with Crippen LogP contribution in [-0.4, -0.2) is 82.1 Å². The van der Waals surface area contributed by atoms with Gasteiger partial charge in [0.15, 0.2) is 0 Å². The summed E-state index contributed by atoms with van der Waals surface area (Å²) >= 11 is 0. The highest BCUT2D eigenvalue weighted by Crippen LogP contribution is 2.57. The average Bonchev–Trinajstić information content (AvgIpc) is 3.73. The Labute approximate surface area is 275 Å². The number of nitrogens with zero attached hydrogens (tertiary/aromatic N) is 2. The molecule has 10 nitrogen and oxygen atoms in total. The smallest absolute Gasteiger partial charge is 0.313 e. The Bertz CT molecular complexity index is 1530. The predicted molar refractivity (Wildman–Crippen MR) is 173 cm³/mol. The van der Waals surface area contributed by atoms with Crippen LogP contribution in [0.3, 0.4) is 0 Å². The number of hydrogen-bond donors (Lipinski definition) is 2. The van der Waals surface area contributed by atoms with Gasteiger partial charge in [0.05, 0.1) is 31.2 Å². The topological polar surface area (TPSA) is 125 Å². The Morgan fingerprint density at radius 1 is 1.00 bits per heavy atom. The molecule has 10 heteroatoms. The Morgan fingerprint density at radius 3 is 2.43 bits per heavy atom. The van der Waals surface area contributed by atoms with Crippen LogP contribution in [0, 0.1) is 11.8 Å². The third-order valence-corrected chi connectivity index (χ3v) is 9.95. The molecule has 4 heterocycles. The SMILES string of the molecule is CCCC(C)N1C/C=C\CCC(=O)NC[C@@H](c2ccccc2)OC(=O)[C@@H]2[C@@H]3C=C[C@]4(O3)[C@H](C1=O)N([C@H](CO)c1ccccc1)C(=O)[C@@H]24. The zero-order chi connectivity index (χ0) is 33.1. The monoisotopic (exact) mass is 641 g/mol. The largest absolute Gasteiger partial charge is 0.455 e. The summed E-state index contributed by atoms with van der Waals surface area (Å²) in [5.41, 5.74) is -0.0563. The van der Waals surface area contributed by atoms with E-state index >= 15 is 0 Å². The number of aliphatic hydroxyl groups excluding tert-OH is 1. The summed E-state index contributed by atoms with van der Waals surface area (Å²) in [5, 5.41) is 13.7. The molecule has 248 valence electrons. The number of rotatable bonds is 7. The first kappa shape index (κ1) is 32.7. The summed E-state index contributed by atoms with van der Waals surface area (Å²) in [6, 6.07) is 16.1. The van der Waals surface area contributed by atoms with Crippen molar-refractivity contribution in [2.24, 2.45) is 11.8 Å². The number of aliphatic hydroxyl groups is 1. The molecule has 0 aliphatic carbocycles. The molecule has 2 fully saturated rings. The Morgan fingerprint density at radius 2 is 1.72 bits per heavy atom. The maximum Gasteiger partial charge on any atom is 0.313 e. The molecule has 1 spiro atoms. The quantitative estimate of drug-likeness (QED) is 0.350. The number of fused-ring (bicyclic) bond motifs is 2. The molecule has 0 aromatic heterocycles. The first-order valence-electron chi connectivity index (χ1n) is 16.6. The molecule has 5 bridgehead atoms. The minimum Gasteiger partial charge on any atom is -0.455 e. The fraction of sp³-hybridized carbons (Fsp3) is 0.459. The van der Waals surface area contributed by atoms with Crippen LogP contribution in [0.1, 0.15) is 62.8 Å². The molecule has 47 heavy (non-hydrogen) atoms. The molecule has 8 atom stereocenters. The van der Waals surface area contributed by atoms with Crippen molar-refractivity contribution in [2.75, 3.05) is 19.7 Å². The highest BCUT2D eigenvalue weighted by Gasteiger charge is 2.74. The lowest BCUT2D eigenvalue weighted by molar-refractivity contribution is -0.160. The normalized spacial score (nSPS) is 31.3. The van der Waals surface area contributed by atoms with Gasteiger partial charge in [0, 0.05) is 19.0 Å². The van der Waals surface area contributed by atoms with E-state index in [4.69, 9.17) is 9.47 Å². The van der Waals surface area contributed by atoms with Crippen LogP contribution in [0.2, 0.25) is 0 Å². The lowest BCUT2D eigenvalue weighted by Gasteiger charge is -2.40. The lowest BCUT2D eigenvalue weighted by Crippen LogP contribution is -2.58. The fourth-order valence-electron chi connectivity index (χ4n) is 7.67. The highest BCUT2D eigenvalue weighted by molar-refractivity contribution is 5.99. The summed E-state index contributed by atoms with van der Waals surface area (Å²) in [7, 11) is 0. The second-order valence-electron chi connectivity index (χ2n) is 12.8. The molecule has 2 N–H and O–H groups in total. The van der Waals surface area contributed by atoms with Crippen molar-refractivity contribution in [1.29, 1.82) is 0 Å². The predicted octanol–water partition coefficient (Wildman–Crippen LogP) is 3.64. The molecule has 6 rings (SSSR count).